The molecule has 22 heavy (non-hydrogen) atoms. The van der Waals surface area contributed by atoms with Gasteiger partial charge in [-0.25, -0.2) is 0 Å². The molecule has 1 fully saturated rings. The van der Waals surface area contributed by atoms with E-state index in [1.165, 1.54) is 24.3 Å². The second-order valence-electron chi connectivity index (χ2n) is 5.34. The van der Waals surface area contributed by atoms with Crippen molar-refractivity contribution in [1.82, 2.24) is 5.32 Å². The van der Waals surface area contributed by atoms with Gasteiger partial charge in [0, 0.05) is 25.1 Å². The first-order valence-corrected chi connectivity index (χ1v) is 6.85. The van der Waals surface area contributed by atoms with Crippen LogP contribution in [-0.2, 0) is 6.54 Å². The van der Waals surface area contributed by atoms with Crippen LogP contribution in [-0.4, -0.2) is 46.5 Å². The number of rotatable bonds is 5. The number of ether oxygens (including phenoxy) is 1. The van der Waals surface area contributed by atoms with E-state index in [4.69, 9.17) is 5.11 Å². The maximum absolute atomic E-state index is 12.0. The van der Waals surface area contributed by atoms with Crippen LogP contribution in [0.1, 0.15) is 12.0 Å². The summed E-state index contributed by atoms with van der Waals surface area (Å²) in [5.41, 5.74) is 0.712. The van der Waals surface area contributed by atoms with E-state index < -0.39 is 18.6 Å². The fourth-order valence-electron chi connectivity index (χ4n) is 2.57. The van der Waals surface area contributed by atoms with Gasteiger partial charge < -0.3 is 25.4 Å². The third-order valence-electron chi connectivity index (χ3n) is 3.76. The summed E-state index contributed by atoms with van der Waals surface area (Å²) in [5.74, 6) is -0.678. The molecule has 2 rings (SSSR count). The van der Waals surface area contributed by atoms with Crippen molar-refractivity contribution in [2.75, 3.05) is 6.61 Å². The zero-order chi connectivity index (χ0) is 16.3. The van der Waals surface area contributed by atoms with Crippen LogP contribution in [0.4, 0.5) is 13.2 Å². The third-order valence-corrected chi connectivity index (χ3v) is 3.76. The Kier molecular flexibility index (Phi) is 5.28. The number of hydrogen-bond donors (Lipinski definition) is 4. The van der Waals surface area contributed by atoms with E-state index in [9.17, 15) is 23.4 Å². The van der Waals surface area contributed by atoms with E-state index in [0.29, 0.717) is 18.5 Å². The van der Waals surface area contributed by atoms with Gasteiger partial charge in [-0.1, -0.05) is 12.1 Å². The molecule has 1 aromatic carbocycles. The van der Waals surface area contributed by atoms with E-state index in [0.717, 1.165) is 0 Å². The van der Waals surface area contributed by atoms with Gasteiger partial charge in [0.05, 0.1) is 12.2 Å². The van der Waals surface area contributed by atoms with Gasteiger partial charge in [0.2, 0.25) is 0 Å². The molecule has 8 heteroatoms. The molecule has 0 radical (unpaired) electrons. The molecule has 0 aromatic heterocycles. The standard InChI is InChI=1S/C14H18F3NO4/c15-14(16,17)22-10-3-1-8(2-4-10)6-18-11-5-9(7-19)12(20)13(11)21/h1-4,9,11-13,18-21H,5-7H2. The summed E-state index contributed by atoms with van der Waals surface area (Å²) in [6.45, 7) is 0.110. The number of aliphatic hydroxyl groups excluding tert-OH is 3. The Hall–Kier alpha value is -1.35. The van der Waals surface area contributed by atoms with Gasteiger partial charge in [-0.3, -0.25) is 0 Å². The maximum atomic E-state index is 12.0. The number of nitrogens with one attached hydrogen (secondary N) is 1. The molecule has 1 aliphatic carbocycles. The van der Waals surface area contributed by atoms with Crippen LogP contribution >= 0.6 is 0 Å². The van der Waals surface area contributed by atoms with E-state index >= 15 is 0 Å². The Morgan fingerprint density at radius 3 is 2.27 bits per heavy atom. The SMILES string of the molecule is OCC1CC(NCc2ccc(OC(F)(F)F)cc2)C(O)C1O. The van der Waals surface area contributed by atoms with Gasteiger partial charge in [0.15, 0.2) is 0 Å². The highest BCUT2D eigenvalue weighted by atomic mass is 19.4. The number of aliphatic hydroxyl groups is 3. The summed E-state index contributed by atoms with van der Waals surface area (Å²) in [5, 5.41) is 31.6. The van der Waals surface area contributed by atoms with Crippen molar-refractivity contribution in [3.05, 3.63) is 29.8 Å². The molecule has 4 N–H and O–H groups in total. The molecule has 0 amide bonds. The van der Waals surface area contributed by atoms with Crippen molar-refractivity contribution >= 4 is 0 Å². The zero-order valence-corrected chi connectivity index (χ0v) is 11.6. The van der Waals surface area contributed by atoms with Crippen molar-refractivity contribution < 1.29 is 33.2 Å². The summed E-state index contributed by atoms with van der Waals surface area (Å²) < 4.78 is 39.9. The average Bonchev–Trinajstić information content (AvgIpc) is 2.72. The minimum atomic E-state index is -4.72. The van der Waals surface area contributed by atoms with Crippen molar-refractivity contribution in [1.29, 1.82) is 0 Å². The van der Waals surface area contributed by atoms with Crippen LogP contribution in [0.5, 0.6) is 5.75 Å². The molecule has 1 saturated carbocycles. The maximum Gasteiger partial charge on any atom is 0.573 e. The predicted molar refractivity (Wildman–Crippen MR) is 71.0 cm³/mol. The van der Waals surface area contributed by atoms with Crippen LogP contribution in [0.2, 0.25) is 0 Å². The minimum Gasteiger partial charge on any atom is -0.406 e. The highest BCUT2D eigenvalue weighted by molar-refractivity contribution is 5.27. The van der Waals surface area contributed by atoms with Crippen LogP contribution in [0.15, 0.2) is 24.3 Å². The van der Waals surface area contributed by atoms with Gasteiger partial charge in [-0.15, -0.1) is 13.2 Å². The Balaban J connectivity index is 1.87. The average molecular weight is 321 g/mol. The second kappa shape index (κ2) is 6.82. The molecule has 1 aromatic rings. The quantitative estimate of drug-likeness (QED) is 0.644. The fourth-order valence-corrected chi connectivity index (χ4v) is 2.57. The van der Waals surface area contributed by atoms with E-state index in [1.807, 2.05) is 0 Å². The minimum absolute atomic E-state index is 0.208. The predicted octanol–water partition coefficient (Wildman–Crippen LogP) is 0.777. The van der Waals surface area contributed by atoms with Gasteiger partial charge in [-0.05, 0) is 24.1 Å². The number of halogens is 3. The van der Waals surface area contributed by atoms with Crippen LogP contribution in [0, 0.1) is 5.92 Å². The monoisotopic (exact) mass is 321 g/mol. The Labute approximate surface area is 125 Å². The first-order chi connectivity index (χ1) is 10.3. The summed E-state index contributed by atoms with van der Waals surface area (Å²) in [7, 11) is 0. The molecule has 0 saturated heterocycles. The van der Waals surface area contributed by atoms with Crippen molar-refractivity contribution in [3.63, 3.8) is 0 Å². The van der Waals surface area contributed by atoms with Crippen molar-refractivity contribution in [2.45, 2.75) is 37.6 Å². The molecule has 4 unspecified atom stereocenters. The summed E-state index contributed by atoms with van der Waals surface area (Å²) >= 11 is 0. The highest BCUT2D eigenvalue weighted by Gasteiger charge is 2.40. The lowest BCUT2D eigenvalue weighted by atomic mass is 10.1. The van der Waals surface area contributed by atoms with Crippen LogP contribution in [0.25, 0.3) is 0 Å². The molecule has 0 heterocycles. The lowest BCUT2D eigenvalue weighted by molar-refractivity contribution is -0.274. The Morgan fingerprint density at radius 2 is 1.77 bits per heavy atom. The molecule has 5 nitrogen and oxygen atoms in total. The van der Waals surface area contributed by atoms with Crippen LogP contribution in [0.3, 0.4) is 0 Å². The fraction of sp³-hybridized carbons (Fsp3) is 0.571. The highest BCUT2D eigenvalue weighted by Crippen LogP contribution is 2.27. The molecule has 0 aliphatic heterocycles. The second-order valence-corrected chi connectivity index (χ2v) is 5.34. The zero-order valence-electron chi connectivity index (χ0n) is 11.6. The Bertz CT molecular complexity index is 480. The lowest BCUT2D eigenvalue weighted by Gasteiger charge is -2.18. The van der Waals surface area contributed by atoms with Gasteiger partial charge in [0.1, 0.15) is 5.75 Å². The smallest absolute Gasteiger partial charge is 0.406 e. The Morgan fingerprint density at radius 1 is 1.14 bits per heavy atom. The van der Waals surface area contributed by atoms with Crippen molar-refractivity contribution in [2.24, 2.45) is 5.92 Å². The van der Waals surface area contributed by atoms with E-state index in [2.05, 4.69) is 10.1 Å². The molecule has 0 bridgehead atoms. The first kappa shape index (κ1) is 17.0. The summed E-state index contributed by atoms with van der Waals surface area (Å²) in [6.07, 6.45) is -6.26. The first-order valence-electron chi connectivity index (χ1n) is 6.85. The largest absolute Gasteiger partial charge is 0.573 e. The molecule has 4 atom stereocenters. The van der Waals surface area contributed by atoms with Crippen molar-refractivity contribution in [3.8, 4) is 5.75 Å². The van der Waals surface area contributed by atoms with E-state index in [-0.39, 0.29) is 24.3 Å². The molecule has 1 aliphatic rings. The van der Waals surface area contributed by atoms with Gasteiger partial charge in [0.25, 0.3) is 0 Å². The molecule has 0 spiro atoms. The molecular formula is C14H18F3NO4. The normalized spacial score (nSPS) is 28.8. The van der Waals surface area contributed by atoms with Crippen LogP contribution < -0.4 is 10.1 Å². The van der Waals surface area contributed by atoms with Gasteiger partial charge >= 0.3 is 6.36 Å². The van der Waals surface area contributed by atoms with E-state index in [1.54, 1.807) is 0 Å². The molecule has 124 valence electrons. The van der Waals surface area contributed by atoms with Gasteiger partial charge in [-0.2, -0.15) is 0 Å². The summed E-state index contributed by atoms with van der Waals surface area (Å²) in [6, 6.07) is 5.00. The lowest BCUT2D eigenvalue weighted by Crippen LogP contribution is -2.39. The number of hydrogen-bond acceptors (Lipinski definition) is 5. The molecular weight excluding hydrogens is 303 g/mol. The number of benzene rings is 1. The summed E-state index contributed by atoms with van der Waals surface area (Å²) in [4.78, 5) is 0. The third kappa shape index (κ3) is 4.33. The number of alkyl halides is 3. The topological polar surface area (TPSA) is 82.0 Å².